The molecule has 1 aliphatic carbocycles. The van der Waals surface area contributed by atoms with Crippen molar-refractivity contribution in [1.82, 2.24) is 10.2 Å². The monoisotopic (exact) mass is 402 g/mol. The predicted octanol–water partition coefficient (Wildman–Crippen LogP) is 2.93. The summed E-state index contributed by atoms with van der Waals surface area (Å²) in [4.78, 5) is 15.0. The zero-order valence-corrected chi connectivity index (χ0v) is 17.4. The topological polar surface area (TPSA) is 60.0 Å². The second kappa shape index (κ2) is 10.3. The van der Waals surface area contributed by atoms with E-state index >= 15 is 0 Å². The van der Waals surface area contributed by atoms with Crippen molar-refractivity contribution >= 4 is 5.91 Å². The highest BCUT2D eigenvalue weighted by Gasteiger charge is 2.22. The van der Waals surface area contributed by atoms with Gasteiger partial charge in [0, 0.05) is 12.6 Å². The number of nitrogens with zero attached hydrogens (tertiary/aromatic N) is 1. The minimum absolute atomic E-state index is 0.00249. The Kier molecular flexibility index (Phi) is 7.28. The summed E-state index contributed by atoms with van der Waals surface area (Å²) in [7, 11) is 0. The minimum Gasteiger partial charge on any atom is -0.486 e. The van der Waals surface area contributed by atoms with E-state index in [-0.39, 0.29) is 24.7 Å². The number of likely N-dealkylation sites (tertiary alicyclic amines) is 1. The van der Waals surface area contributed by atoms with Crippen molar-refractivity contribution in [3.05, 3.63) is 23.8 Å². The van der Waals surface area contributed by atoms with E-state index in [1.807, 2.05) is 6.07 Å². The number of hydrogen-bond acceptors (Lipinski definition) is 5. The van der Waals surface area contributed by atoms with E-state index in [1.54, 1.807) is 0 Å². The van der Waals surface area contributed by atoms with Gasteiger partial charge in [-0.05, 0) is 62.9 Å². The summed E-state index contributed by atoms with van der Waals surface area (Å²) in [5.74, 6) is 1.61. The van der Waals surface area contributed by atoms with Crippen molar-refractivity contribution in [1.29, 1.82) is 0 Å². The van der Waals surface area contributed by atoms with Gasteiger partial charge in [0.05, 0.1) is 6.10 Å². The van der Waals surface area contributed by atoms with Crippen molar-refractivity contribution in [3.63, 3.8) is 0 Å². The Morgan fingerprint density at radius 3 is 2.62 bits per heavy atom. The number of amides is 1. The molecule has 1 saturated carbocycles. The Morgan fingerprint density at radius 1 is 1.07 bits per heavy atom. The summed E-state index contributed by atoms with van der Waals surface area (Å²) in [6, 6.07) is 6.17. The third-order valence-corrected chi connectivity index (χ3v) is 6.13. The van der Waals surface area contributed by atoms with Gasteiger partial charge >= 0.3 is 0 Å². The first-order valence-corrected chi connectivity index (χ1v) is 11.3. The second-order valence-electron chi connectivity index (χ2n) is 8.53. The average Bonchev–Trinajstić information content (AvgIpc) is 3.26. The maximum absolute atomic E-state index is 12.6. The summed E-state index contributed by atoms with van der Waals surface area (Å²) in [5, 5.41) is 3.23. The molecule has 2 heterocycles. The summed E-state index contributed by atoms with van der Waals surface area (Å²) < 4.78 is 17.2. The molecule has 1 aromatic carbocycles. The number of carbonyl (C=O) groups excluding carboxylic acids is 1. The normalized spacial score (nSPS) is 21.1. The third kappa shape index (κ3) is 6.09. The van der Waals surface area contributed by atoms with Crippen LogP contribution in [0.2, 0.25) is 0 Å². The van der Waals surface area contributed by atoms with Crippen molar-refractivity contribution in [3.8, 4) is 11.5 Å². The first-order valence-electron chi connectivity index (χ1n) is 11.3. The van der Waals surface area contributed by atoms with Crippen molar-refractivity contribution in [2.45, 2.75) is 63.5 Å². The molecule has 2 fully saturated rings. The first-order chi connectivity index (χ1) is 14.3. The van der Waals surface area contributed by atoms with Crippen molar-refractivity contribution in [2.75, 3.05) is 39.5 Å². The summed E-state index contributed by atoms with van der Waals surface area (Å²) in [6.07, 6.45) is 9.42. The number of ether oxygens (including phenoxy) is 3. The van der Waals surface area contributed by atoms with Gasteiger partial charge < -0.3 is 24.4 Å². The highest BCUT2D eigenvalue weighted by atomic mass is 16.6. The van der Waals surface area contributed by atoms with Gasteiger partial charge in [0.15, 0.2) is 11.5 Å². The lowest BCUT2D eigenvalue weighted by Gasteiger charge is -2.26. The highest BCUT2D eigenvalue weighted by Crippen LogP contribution is 2.31. The molecule has 1 atom stereocenters. The van der Waals surface area contributed by atoms with E-state index in [0.717, 1.165) is 56.0 Å². The minimum atomic E-state index is -0.00249. The van der Waals surface area contributed by atoms with E-state index in [4.69, 9.17) is 14.2 Å². The Morgan fingerprint density at radius 2 is 1.83 bits per heavy atom. The summed E-state index contributed by atoms with van der Waals surface area (Å²) in [5.41, 5.74) is 1.16. The molecule has 0 radical (unpaired) electrons. The van der Waals surface area contributed by atoms with E-state index in [1.165, 1.54) is 32.1 Å². The number of carbonyl (C=O) groups is 1. The van der Waals surface area contributed by atoms with Crippen LogP contribution in [0.15, 0.2) is 18.2 Å². The number of fused-ring (bicyclic) bond motifs is 1. The molecule has 1 unspecified atom stereocenters. The lowest BCUT2D eigenvalue weighted by Crippen LogP contribution is -2.46. The van der Waals surface area contributed by atoms with Gasteiger partial charge in [0.25, 0.3) is 0 Å². The fraction of sp³-hybridized carbons (Fsp3) is 0.696. The second-order valence-corrected chi connectivity index (χ2v) is 8.53. The third-order valence-electron chi connectivity index (χ3n) is 6.13. The van der Waals surface area contributed by atoms with Gasteiger partial charge in [0.2, 0.25) is 5.91 Å². The molecule has 1 aromatic rings. The highest BCUT2D eigenvalue weighted by molar-refractivity contribution is 5.77. The maximum Gasteiger partial charge on any atom is 0.246 e. The van der Waals surface area contributed by atoms with Crippen LogP contribution in [0.3, 0.4) is 0 Å². The standard InChI is InChI=1S/C23H34N2O4/c26-23(17-29-20-6-2-1-3-7-20)24-19(16-25-10-4-5-11-25)14-18-8-9-21-22(15-18)28-13-12-27-21/h8-9,15,19-20H,1-7,10-14,16-17H2,(H,24,26). The van der Waals surface area contributed by atoms with Crippen LogP contribution in [-0.4, -0.2) is 62.4 Å². The molecular weight excluding hydrogens is 368 g/mol. The zero-order valence-electron chi connectivity index (χ0n) is 17.4. The maximum atomic E-state index is 12.6. The largest absolute Gasteiger partial charge is 0.486 e. The fourth-order valence-corrected chi connectivity index (χ4v) is 4.63. The molecule has 0 spiro atoms. The number of benzene rings is 1. The molecule has 6 heteroatoms. The molecule has 1 amide bonds. The van der Waals surface area contributed by atoms with Crippen LogP contribution in [0.5, 0.6) is 11.5 Å². The zero-order chi connectivity index (χ0) is 19.9. The molecule has 3 aliphatic rings. The van der Waals surface area contributed by atoms with Crippen LogP contribution >= 0.6 is 0 Å². The van der Waals surface area contributed by atoms with Crippen LogP contribution in [-0.2, 0) is 16.0 Å². The molecule has 4 rings (SSSR count). The van der Waals surface area contributed by atoms with Crippen LogP contribution < -0.4 is 14.8 Å². The number of rotatable bonds is 8. The quantitative estimate of drug-likeness (QED) is 0.725. The number of nitrogens with one attached hydrogen (secondary N) is 1. The van der Waals surface area contributed by atoms with Crippen LogP contribution in [0.25, 0.3) is 0 Å². The molecule has 29 heavy (non-hydrogen) atoms. The molecular formula is C23H34N2O4. The van der Waals surface area contributed by atoms with Gasteiger partial charge in [-0.15, -0.1) is 0 Å². The Hall–Kier alpha value is -1.79. The lowest BCUT2D eigenvalue weighted by atomic mass is 9.98. The number of hydrogen-bond donors (Lipinski definition) is 1. The smallest absolute Gasteiger partial charge is 0.246 e. The molecule has 0 bridgehead atoms. The molecule has 2 aliphatic heterocycles. The van der Waals surface area contributed by atoms with Crippen LogP contribution in [0.4, 0.5) is 0 Å². The summed E-state index contributed by atoms with van der Waals surface area (Å²) >= 11 is 0. The van der Waals surface area contributed by atoms with Gasteiger partial charge in [0.1, 0.15) is 19.8 Å². The predicted molar refractivity (Wildman–Crippen MR) is 112 cm³/mol. The molecule has 160 valence electrons. The van der Waals surface area contributed by atoms with Gasteiger partial charge in [-0.3, -0.25) is 4.79 Å². The Balaban J connectivity index is 1.34. The van der Waals surface area contributed by atoms with E-state index in [9.17, 15) is 4.79 Å². The van der Waals surface area contributed by atoms with Gasteiger partial charge in [-0.2, -0.15) is 0 Å². The average molecular weight is 403 g/mol. The molecule has 6 nitrogen and oxygen atoms in total. The van der Waals surface area contributed by atoms with Crippen molar-refractivity contribution < 1.29 is 19.0 Å². The fourth-order valence-electron chi connectivity index (χ4n) is 4.63. The van der Waals surface area contributed by atoms with Gasteiger partial charge in [-0.1, -0.05) is 25.3 Å². The SMILES string of the molecule is O=C(COC1CCCCC1)NC(Cc1ccc2c(c1)OCCO2)CN1CCCC1. The van der Waals surface area contributed by atoms with Gasteiger partial charge in [-0.25, -0.2) is 0 Å². The van der Waals surface area contributed by atoms with E-state index < -0.39 is 0 Å². The van der Waals surface area contributed by atoms with Crippen LogP contribution in [0.1, 0.15) is 50.5 Å². The summed E-state index contributed by atoms with van der Waals surface area (Å²) in [6.45, 7) is 4.47. The van der Waals surface area contributed by atoms with Crippen molar-refractivity contribution in [2.24, 2.45) is 0 Å². The first kappa shape index (κ1) is 20.5. The molecule has 1 N–H and O–H groups in total. The van der Waals surface area contributed by atoms with E-state index in [0.29, 0.717) is 13.2 Å². The molecule has 0 aromatic heterocycles. The van der Waals surface area contributed by atoms with E-state index in [2.05, 4.69) is 22.3 Å². The van der Waals surface area contributed by atoms with Crippen LogP contribution in [0, 0.1) is 0 Å². The Bertz CT molecular complexity index is 669. The molecule has 1 saturated heterocycles. The lowest BCUT2D eigenvalue weighted by molar-refractivity contribution is -0.129. The Labute approximate surface area is 173 Å².